The van der Waals surface area contributed by atoms with Crippen LogP contribution >= 0.6 is 11.9 Å². The van der Waals surface area contributed by atoms with E-state index in [0.717, 1.165) is 31.0 Å². The number of hydrogen-bond donors (Lipinski definition) is 1. The van der Waals surface area contributed by atoms with E-state index >= 15 is 0 Å². The number of aryl methyl sites for hydroxylation is 1. The second-order valence-corrected chi connectivity index (χ2v) is 8.11. The topological polar surface area (TPSA) is 126 Å². The minimum Gasteiger partial charge on any atom is -0.493 e. The van der Waals surface area contributed by atoms with E-state index in [1.165, 1.54) is 32.3 Å². The van der Waals surface area contributed by atoms with Gasteiger partial charge in [0.05, 0.1) is 16.8 Å². The van der Waals surface area contributed by atoms with E-state index in [-0.39, 0.29) is 37.2 Å². The summed E-state index contributed by atoms with van der Waals surface area (Å²) in [6.07, 6.45) is 0. The summed E-state index contributed by atoms with van der Waals surface area (Å²) in [4.78, 5) is 50.7. The molecule has 4 rings (SSSR count). The molecule has 0 spiro atoms. The molecule has 2 aromatic carbocycles. The third-order valence-corrected chi connectivity index (χ3v) is 5.94. The van der Waals surface area contributed by atoms with Crippen LogP contribution in [0.15, 0.2) is 67.2 Å². The molecule has 2 amide bonds. The van der Waals surface area contributed by atoms with Crippen LogP contribution in [0.2, 0.25) is 0 Å². The van der Waals surface area contributed by atoms with Gasteiger partial charge in [0.2, 0.25) is 11.6 Å². The van der Waals surface area contributed by atoms with E-state index in [9.17, 15) is 24.3 Å². The van der Waals surface area contributed by atoms with Gasteiger partial charge in [-0.25, -0.2) is 9.10 Å². The summed E-state index contributed by atoms with van der Waals surface area (Å²) in [6, 6.07) is 11.9. The van der Waals surface area contributed by atoms with Crippen LogP contribution in [0.1, 0.15) is 26.3 Å². The number of hydrogen-bond acceptors (Lipinski definition) is 8. The van der Waals surface area contributed by atoms with Crippen molar-refractivity contribution in [3.05, 3.63) is 80.0 Å². The number of rotatable bonds is 4. The van der Waals surface area contributed by atoms with Gasteiger partial charge < -0.3 is 5.11 Å². The number of benzene rings is 2. The largest absolute Gasteiger partial charge is 2.00 e. The Labute approximate surface area is 205 Å². The Balaban J connectivity index is 0.00000306. The van der Waals surface area contributed by atoms with Crippen molar-refractivity contribution >= 4 is 35.1 Å². The average molecular weight is 558 g/mol. The second-order valence-electron chi connectivity index (χ2n) is 7.09. The average Bonchev–Trinajstić information content (AvgIpc) is 3.03. The molecule has 33 heavy (non-hydrogen) atoms. The Morgan fingerprint density at radius 1 is 0.879 bits per heavy atom. The van der Waals surface area contributed by atoms with Crippen LogP contribution in [0.5, 0.6) is 5.88 Å². The van der Waals surface area contributed by atoms with E-state index < -0.39 is 34.6 Å². The number of aromatic nitrogens is 2. The van der Waals surface area contributed by atoms with Gasteiger partial charge in [-0.3, -0.25) is 23.5 Å². The summed E-state index contributed by atoms with van der Waals surface area (Å²) >= 11 is 0.997. The molecule has 1 aliphatic heterocycles. The van der Waals surface area contributed by atoms with Crippen molar-refractivity contribution in [3.63, 3.8) is 0 Å². The third kappa shape index (κ3) is 4.20. The zero-order valence-electron chi connectivity index (χ0n) is 17.6. The summed E-state index contributed by atoms with van der Waals surface area (Å²) < 4.78 is 2.66. The van der Waals surface area contributed by atoms with Crippen LogP contribution in [0.4, 0.5) is 11.4 Å². The maximum atomic E-state index is 13.0. The van der Waals surface area contributed by atoms with E-state index in [4.69, 9.17) is 0 Å². The Hall–Kier alpha value is -3.33. The molecule has 1 N–H and O–H groups in total. The molecule has 0 aliphatic carbocycles. The fourth-order valence-corrected chi connectivity index (χ4v) is 3.95. The van der Waals surface area contributed by atoms with Gasteiger partial charge in [-0.1, -0.05) is 23.8 Å². The van der Waals surface area contributed by atoms with E-state index in [1.54, 1.807) is 0 Å². The van der Waals surface area contributed by atoms with E-state index in [2.05, 4.69) is 10.2 Å². The summed E-state index contributed by atoms with van der Waals surface area (Å²) in [5.41, 5.74) is -0.728. The molecule has 10 nitrogen and oxygen atoms in total. The van der Waals surface area contributed by atoms with Gasteiger partial charge in [-0.15, -0.1) is 10.2 Å². The standard InChI is InChI=1S/C21H17N5O5S.Pd/c1-11-7-9-12(10-8-11)32-26-17(27)13-5-4-6-14(15(13)18(26)28)22-23-16-19(29)24(2)21(31)25(3)20(16)30;/h4-10,29H,1-3H3;/q;+2. The molecule has 1 aromatic heterocycles. The normalized spacial score (nSPS) is 12.9. The predicted molar refractivity (Wildman–Crippen MR) is 117 cm³/mol. The van der Waals surface area contributed by atoms with Crippen LogP contribution in [-0.4, -0.2) is 30.4 Å². The number of imide groups is 1. The summed E-state index contributed by atoms with van der Waals surface area (Å²) in [6.45, 7) is 1.93. The van der Waals surface area contributed by atoms with E-state index in [1.807, 2.05) is 31.2 Å². The molecular weight excluding hydrogens is 541 g/mol. The van der Waals surface area contributed by atoms with Crippen LogP contribution in [-0.2, 0) is 34.5 Å². The first-order valence-electron chi connectivity index (χ1n) is 9.38. The Kier molecular flexibility index (Phi) is 6.83. The zero-order chi connectivity index (χ0) is 23.2. The maximum absolute atomic E-state index is 13.0. The number of fused-ring (bicyclic) bond motifs is 1. The molecule has 2 heterocycles. The van der Waals surface area contributed by atoms with Crippen LogP contribution in [0, 0.1) is 6.92 Å². The number of azo groups is 1. The fourth-order valence-electron chi connectivity index (χ4n) is 3.12. The number of aromatic hydroxyl groups is 1. The van der Waals surface area contributed by atoms with Crippen molar-refractivity contribution in [3.8, 4) is 5.88 Å². The first kappa shape index (κ1) is 24.3. The third-order valence-electron chi connectivity index (χ3n) is 4.94. The molecule has 0 atom stereocenters. The van der Waals surface area contributed by atoms with Crippen molar-refractivity contribution < 1.29 is 35.1 Å². The van der Waals surface area contributed by atoms with Gasteiger partial charge in [0.1, 0.15) is 0 Å². The molecule has 0 unspecified atom stereocenters. The van der Waals surface area contributed by atoms with Crippen LogP contribution in [0.25, 0.3) is 0 Å². The van der Waals surface area contributed by atoms with Gasteiger partial charge in [0, 0.05) is 19.0 Å². The van der Waals surface area contributed by atoms with Gasteiger partial charge in [0.25, 0.3) is 17.4 Å². The molecule has 0 saturated carbocycles. The van der Waals surface area contributed by atoms with Gasteiger partial charge in [-0.05, 0) is 43.1 Å². The van der Waals surface area contributed by atoms with Crippen molar-refractivity contribution in [2.45, 2.75) is 11.8 Å². The minimum atomic E-state index is -0.846. The number of carbonyl (C=O) groups is 2. The molecule has 170 valence electrons. The molecular formula is C21H17N5O5PdS+2. The molecule has 12 heteroatoms. The monoisotopic (exact) mass is 557 g/mol. The molecule has 0 fully saturated rings. The first-order chi connectivity index (χ1) is 15.2. The summed E-state index contributed by atoms with van der Waals surface area (Å²) in [5, 5.41) is 17.9. The summed E-state index contributed by atoms with van der Waals surface area (Å²) in [5.74, 6) is -1.72. The minimum absolute atomic E-state index is 0. The number of nitrogens with zero attached hydrogens (tertiary/aromatic N) is 5. The molecule has 1 aliphatic rings. The SMILES string of the molecule is Cc1ccc(SN2C(=O)c3cccc(N=Nc4c(O)n(C)c(=O)n(C)c4=O)c3C2=O)cc1.[Pd+2]. The van der Waals surface area contributed by atoms with Crippen molar-refractivity contribution in [1.82, 2.24) is 13.4 Å². The quantitative estimate of drug-likeness (QED) is 0.227. The van der Waals surface area contributed by atoms with Gasteiger partial charge in [-0.2, -0.15) is 0 Å². The first-order valence-corrected chi connectivity index (χ1v) is 10.1. The molecule has 0 radical (unpaired) electrons. The molecule has 0 bridgehead atoms. The number of carbonyl (C=O) groups excluding carboxylic acids is 2. The molecule has 0 saturated heterocycles. The summed E-state index contributed by atoms with van der Waals surface area (Å²) in [7, 11) is 2.52. The Morgan fingerprint density at radius 3 is 2.21 bits per heavy atom. The predicted octanol–water partition coefficient (Wildman–Crippen LogP) is 2.81. The van der Waals surface area contributed by atoms with Crippen LogP contribution < -0.4 is 11.2 Å². The fraction of sp³-hybridized carbons (Fsp3) is 0.143. The smallest absolute Gasteiger partial charge is 0.493 e. The Bertz CT molecular complexity index is 1430. The molecule has 3 aromatic rings. The van der Waals surface area contributed by atoms with Gasteiger partial charge in [0.15, 0.2) is 0 Å². The Morgan fingerprint density at radius 2 is 1.55 bits per heavy atom. The van der Waals surface area contributed by atoms with Crippen molar-refractivity contribution in [1.29, 1.82) is 0 Å². The van der Waals surface area contributed by atoms with E-state index in [0.29, 0.717) is 4.90 Å². The van der Waals surface area contributed by atoms with Crippen molar-refractivity contribution in [2.75, 3.05) is 0 Å². The second kappa shape index (κ2) is 9.27. The number of amides is 2. The zero-order valence-corrected chi connectivity index (χ0v) is 20.0. The van der Waals surface area contributed by atoms with Gasteiger partial charge >= 0.3 is 26.1 Å². The van der Waals surface area contributed by atoms with Crippen molar-refractivity contribution in [2.24, 2.45) is 24.3 Å². The van der Waals surface area contributed by atoms with Crippen LogP contribution in [0.3, 0.4) is 0 Å². The maximum Gasteiger partial charge on any atom is 2.00 e.